The van der Waals surface area contributed by atoms with E-state index in [1.807, 2.05) is 0 Å². The third kappa shape index (κ3) is 2.90. The minimum atomic E-state index is -4.00. The normalized spacial score (nSPS) is 11.9. The Morgan fingerprint density at radius 3 is 2.55 bits per heavy atom. The van der Waals surface area contributed by atoms with Crippen LogP contribution in [-0.2, 0) is 10.1 Å². The van der Waals surface area contributed by atoms with Gasteiger partial charge >= 0.3 is 15.8 Å². The van der Waals surface area contributed by atoms with Crippen molar-refractivity contribution in [3.8, 4) is 0 Å². The predicted octanol–water partition coefficient (Wildman–Crippen LogP) is 0.104. The standard InChI is InChI=1S/C12H14N2O5S/c1-8(2)7-20(17,18)19-14-11(15)9-5-3-4-6-10(9)13-12(14)16/h3-6,8H,7H2,1-2H3,(H,13,16). The van der Waals surface area contributed by atoms with Crippen LogP contribution in [0.15, 0.2) is 33.9 Å². The second-order valence-electron chi connectivity index (χ2n) is 4.77. The fourth-order valence-electron chi connectivity index (χ4n) is 1.77. The molecule has 8 heteroatoms. The van der Waals surface area contributed by atoms with Crippen LogP contribution >= 0.6 is 0 Å². The van der Waals surface area contributed by atoms with Crippen molar-refractivity contribution in [2.45, 2.75) is 13.8 Å². The number of benzene rings is 1. The summed E-state index contributed by atoms with van der Waals surface area (Å²) in [6.07, 6.45) is 0. The third-order valence-corrected chi connectivity index (χ3v) is 3.94. The summed E-state index contributed by atoms with van der Waals surface area (Å²) in [5, 5.41) is 0.173. The van der Waals surface area contributed by atoms with E-state index in [0.29, 0.717) is 5.52 Å². The molecule has 1 aromatic carbocycles. The van der Waals surface area contributed by atoms with E-state index >= 15 is 0 Å². The van der Waals surface area contributed by atoms with Gasteiger partial charge in [-0.1, -0.05) is 30.7 Å². The molecule has 108 valence electrons. The van der Waals surface area contributed by atoms with Gasteiger partial charge in [-0.25, -0.2) is 4.79 Å². The Labute approximate surface area is 114 Å². The Kier molecular flexibility index (Phi) is 3.67. The monoisotopic (exact) mass is 298 g/mol. The molecule has 0 saturated heterocycles. The molecule has 0 spiro atoms. The van der Waals surface area contributed by atoms with Crippen molar-refractivity contribution in [3.05, 3.63) is 45.1 Å². The first-order valence-electron chi connectivity index (χ1n) is 5.97. The maximum absolute atomic E-state index is 12.1. The molecule has 20 heavy (non-hydrogen) atoms. The second kappa shape index (κ2) is 5.12. The van der Waals surface area contributed by atoms with Crippen molar-refractivity contribution in [3.63, 3.8) is 0 Å². The molecule has 2 rings (SSSR count). The topological polar surface area (TPSA) is 98.2 Å². The van der Waals surface area contributed by atoms with Gasteiger partial charge < -0.3 is 4.98 Å². The largest absolute Gasteiger partial charge is 0.363 e. The molecule has 0 aliphatic carbocycles. The fraction of sp³-hybridized carbons (Fsp3) is 0.333. The highest BCUT2D eigenvalue weighted by molar-refractivity contribution is 7.86. The number of rotatable bonds is 4. The molecular weight excluding hydrogens is 284 g/mol. The van der Waals surface area contributed by atoms with Gasteiger partial charge in [-0.15, -0.1) is 0 Å². The molecule has 7 nitrogen and oxygen atoms in total. The van der Waals surface area contributed by atoms with Gasteiger partial charge in [0.2, 0.25) is 0 Å². The molecule has 0 aliphatic rings. The first-order chi connectivity index (χ1) is 9.30. The highest BCUT2D eigenvalue weighted by Crippen LogP contribution is 2.03. The van der Waals surface area contributed by atoms with Gasteiger partial charge in [0.25, 0.3) is 5.56 Å². The Morgan fingerprint density at radius 1 is 1.25 bits per heavy atom. The number of para-hydroxylation sites is 1. The SMILES string of the molecule is CC(C)CS(=O)(=O)On1c(=O)[nH]c2ccccc2c1=O. The highest BCUT2D eigenvalue weighted by atomic mass is 32.2. The second-order valence-corrected chi connectivity index (χ2v) is 6.37. The Hall–Kier alpha value is -2.09. The highest BCUT2D eigenvalue weighted by Gasteiger charge is 2.19. The molecule has 1 aromatic heterocycles. The van der Waals surface area contributed by atoms with Crippen LogP contribution in [0.5, 0.6) is 0 Å². The lowest BCUT2D eigenvalue weighted by atomic mass is 10.2. The molecule has 0 bridgehead atoms. The van der Waals surface area contributed by atoms with Gasteiger partial charge in [0.1, 0.15) is 0 Å². The van der Waals surface area contributed by atoms with Crippen LogP contribution in [0.3, 0.4) is 0 Å². The van der Waals surface area contributed by atoms with Crippen LogP contribution in [0.25, 0.3) is 10.9 Å². The average molecular weight is 298 g/mol. The van der Waals surface area contributed by atoms with E-state index in [-0.39, 0.29) is 21.8 Å². The van der Waals surface area contributed by atoms with Gasteiger partial charge in [-0.2, -0.15) is 8.42 Å². The van der Waals surface area contributed by atoms with E-state index in [9.17, 15) is 18.0 Å². The van der Waals surface area contributed by atoms with E-state index in [4.69, 9.17) is 0 Å². The van der Waals surface area contributed by atoms with Crippen LogP contribution in [-0.4, -0.2) is 23.9 Å². The number of nitrogens with zero attached hydrogens (tertiary/aromatic N) is 1. The van der Waals surface area contributed by atoms with Crippen molar-refractivity contribution in [2.24, 2.45) is 5.92 Å². The molecule has 0 fully saturated rings. The van der Waals surface area contributed by atoms with Crippen LogP contribution in [0.1, 0.15) is 13.8 Å². The van der Waals surface area contributed by atoms with Crippen molar-refractivity contribution in [1.82, 2.24) is 9.71 Å². The van der Waals surface area contributed by atoms with Crippen LogP contribution in [0.2, 0.25) is 0 Å². The maximum Gasteiger partial charge on any atom is 0.363 e. The minimum Gasteiger partial charge on any atom is -0.304 e. The molecular formula is C12H14N2O5S. The quantitative estimate of drug-likeness (QED) is 0.863. The number of H-pyrrole nitrogens is 1. The number of nitrogens with one attached hydrogen (secondary N) is 1. The zero-order valence-corrected chi connectivity index (χ0v) is 11.8. The molecule has 0 aliphatic heterocycles. The molecule has 0 atom stereocenters. The van der Waals surface area contributed by atoms with Gasteiger partial charge in [0.05, 0.1) is 16.7 Å². The van der Waals surface area contributed by atoms with Gasteiger partial charge in [0.15, 0.2) is 0 Å². The summed E-state index contributed by atoms with van der Waals surface area (Å²) in [6, 6.07) is 6.28. The van der Waals surface area contributed by atoms with Gasteiger partial charge in [-0.05, 0) is 18.1 Å². The maximum atomic E-state index is 12.1. The minimum absolute atomic E-state index is 0.173. The summed E-state index contributed by atoms with van der Waals surface area (Å²) in [5.41, 5.74) is -1.42. The lowest BCUT2D eigenvalue weighted by Gasteiger charge is -2.09. The molecule has 0 amide bonds. The summed E-state index contributed by atoms with van der Waals surface area (Å²) < 4.78 is 28.3. The molecule has 0 radical (unpaired) electrons. The number of aromatic amines is 1. The van der Waals surface area contributed by atoms with Gasteiger partial charge in [0, 0.05) is 0 Å². The number of aromatic nitrogens is 2. The molecule has 0 saturated carbocycles. The summed E-state index contributed by atoms with van der Waals surface area (Å²) in [4.78, 5) is 26.2. The van der Waals surface area contributed by atoms with E-state index < -0.39 is 21.4 Å². The molecule has 1 N–H and O–H groups in total. The summed E-state index contributed by atoms with van der Waals surface area (Å²) >= 11 is 0. The average Bonchev–Trinajstić information content (AvgIpc) is 2.33. The van der Waals surface area contributed by atoms with Crippen molar-refractivity contribution < 1.29 is 12.7 Å². The lowest BCUT2D eigenvalue weighted by molar-refractivity contribution is 0.252. The number of hydrogen-bond donors (Lipinski definition) is 1. The van der Waals surface area contributed by atoms with Crippen molar-refractivity contribution in [1.29, 1.82) is 0 Å². The predicted molar refractivity (Wildman–Crippen MR) is 74.0 cm³/mol. The summed E-state index contributed by atoms with van der Waals surface area (Å²) in [6.45, 7) is 3.38. The Bertz CT molecular complexity index is 848. The van der Waals surface area contributed by atoms with Crippen molar-refractivity contribution >= 4 is 21.0 Å². The molecule has 1 heterocycles. The third-order valence-electron chi connectivity index (χ3n) is 2.49. The Balaban J connectivity index is 2.56. The lowest BCUT2D eigenvalue weighted by Crippen LogP contribution is -2.42. The summed E-state index contributed by atoms with van der Waals surface area (Å²) in [7, 11) is -4.00. The zero-order chi connectivity index (χ0) is 14.9. The van der Waals surface area contributed by atoms with E-state index in [1.54, 1.807) is 32.0 Å². The van der Waals surface area contributed by atoms with Crippen molar-refractivity contribution in [2.75, 3.05) is 5.75 Å². The smallest absolute Gasteiger partial charge is 0.304 e. The Morgan fingerprint density at radius 2 is 1.90 bits per heavy atom. The first kappa shape index (κ1) is 14.3. The van der Waals surface area contributed by atoms with Gasteiger partial charge in [-0.3, -0.25) is 9.08 Å². The van der Waals surface area contributed by atoms with E-state index in [1.165, 1.54) is 6.07 Å². The first-order valence-corrected chi connectivity index (χ1v) is 7.54. The van der Waals surface area contributed by atoms with E-state index in [0.717, 1.165) is 0 Å². The summed E-state index contributed by atoms with van der Waals surface area (Å²) in [5.74, 6) is -0.471. The zero-order valence-electron chi connectivity index (χ0n) is 11.0. The molecule has 2 aromatic rings. The van der Waals surface area contributed by atoms with Crippen LogP contribution in [0, 0.1) is 5.92 Å². The fourth-order valence-corrected chi connectivity index (χ4v) is 3.01. The number of fused-ring (bicyclic) bond motifs is 1. The van der Waals surface area contributed by atoms with E-state index in [2.05, 4.69) is 9.27 Å². The molecule has 0 unspecified atom stereocenters. The van der Waals surface area contributed by atoms with Crippen LogP contribution in [0.4, 0.5) is 0 Å². The number of hydrogen-bond acceptors (Lipinski definition) is 5. The van der Waals surface area contributed by atoms with Crippen LogP contribution < -0.4 is 15.5 Å².